The Morgan fingerprint density at radius 3 is 2.65 bits per heavy atom. The van der Waals surface area contributed by atoms with E-state index in [0.29, 0.717) is 6.54 Å². The second-order valence-electron chi connectivity index (χ2n) is 5.98. The molecule has 20 heavy (non-hydrogen) atoms. The third-order valence-electron chi connectivity index (χ3n) is 4.48. The molecule has 1 amide bonds. The molecule has 3 rings (SSSR count). The van der Waals surface area contributed by atoms with Gasteiger partial charge in [0, 0.05) is 19.6 Å². The summed E-state index contributed by atoms with van der Waals surface area (Å²) in [4.78, 5) is 13.6. The highest BCUT2D eigenvalue weighted by atomic mass is 16.5. The van der Waals surface area contributed by atoms with Gasteiger partial charge in [0.2, 0.25) is 5.91 Å². The van der Waals surface area contributed by atoms with Gasteiger partial charge in [-0.25, -0.2) is 0 Å². The van der Waals surface area contributed by atoms with Crippen molar-refractivity contribution in [3.63, 3.8) is 0 Å². The summed E-state index contributed by atoms with van der Waals surface area (Å²) in [5, 5.41) is 2.92. The Balaban J connectivity index is 1.54. The third kappa shape index (κ3) is 2.74. The Labute approximate surface area is 119 Å². The number of aryl methyl sites for hydroxylation is 2. The number of hydrogen-bond donors (Lipinski definition) is 1. The molecule has 0 aliphatic carbocycles. The lowest BCUT2D eigenvalue weighted by Gasteiger charge is -2.43. The van der Waals surface area contributed by atoms with Crippen LogP contribution in [-0.2, 0) is 16.1 Å². The van der Waals surface area contributed by atoms with Crippen molar-refractivity contribution in [3.05, 3.63) is 23.2 Å². The van der Waals surface area contributed by atoms with E-state index in [1.54, 1.807) is 0 Å². The van der Waals surface area contributed by atoms with Crippen molar-refractivity contribution < 1.29 is 13.9 Å². The number of rotatable bonds is 2. The zero-order valence-electron chi connectivity index (χ0n) is 12.2. The molecule has 1 aromatic heterocycles. The first-order valence-corrected chi connectivity index (χ1v) is 7.25. The number of furan rings is 1. The topological polar surface area (TPSA) is 54.7 Å². The molecule has 0 bridgehead atoms. The highest BCUT2D eigenvalue weighted by Gasteiger charge is 2.38. The average Bonchev–Trinajstić information content (AvgIpc) is 2.75. The van der Waals surface area contributed by atoms with Crippen LogP contribution in [0.2, 0.25) is 0 Å². The second kappa shape index (κ2) is 5.22. The monoisotopic (exact) mass is 278 g/mol. The number of carbonyl (C=O) groups excluding carboxylic acids is 1. The predicted molar refractivity (Wildman–Crippen MR) is 74.4 cm³/mol. The maximum Gasteiger partial charge on any atom is 0.246 e. The maximum absolute atomic E-state index is 11.2. The van der Waals surface area contributed by atoms with E-state index in [9.17, 15) is 4.79 Å². The lowest BCUT2D eigenvalue weighted by molar-refractivity contribution is -0.150. The number of nitrogens with zero attached hydrogens (tertiary/aromatic N) is 1. The van der Waals surface area contributed by atoms with Gasteiger partial charge in [-0.2, -0.15) is 0 Å². The Morgan fingerprint density at radius 2 is 2.10 bits per heavy atom. The summed E-state index contributed by atoms with van der Waals surface area (Å²) >= 11 is 0. The van der Waals surface area contributed by atoms with Gasteiger partial charge in [-0.3, -0.25) is 9.69 Å². The minimum absolute atomic E-state index is 0.000379. The van der Waals surface area contributed by atoms with Crippen LogP contribution in [0.25, 0.3) is 0 Å². The van der Waals surface area contributed by atoms with Crippen molar-refractivity contribution in [3.8, 4) is 0 Å². The highest BCUT2D eigenvalue weighted by molar-refractivity contribution is 5.78. The molecule has 2 aliphatic rings. The van der Waals surface area contributed by atoms with Gasteiger partial charge < -0.3 is 14.5 Å². The summed E-state index contributed by atoms with van der Waals surface area (Å²) in [5.74, 6) is 2.04. The van der Waals surface area contributed by atoms with E-state index in [0.717, 1.165) is 44.0 Å². The Morgan fingerprint density at radius 1 is 1.35 bits per heavy atom. The summed E-state index contributed by atoms with van der Waals surface area (Å²) in [6.45, 7) is 7.75. The normalized spacial score (nSPS) is 23.0. The third-order valence-corrected chi connectivity index (χ3v) is 4.48. The van der Waals surface area contributed by atoms with E-state index in [1.807, 2.05) is 6.92 Å². The molecule has 2 saturated heterocycles. The highest BCUT2D eigenvalue weighted by Crippen LogP contribution is 2.28. The van der Waals surface area contributed by atoms with Crippen LogP contribution in [-0.4, -0.2) is 42.6 Å². The Hall–Kier alpha value is -1.33. The van der Waals surface area contributed by atoms with Crippen LogP contribution in [0.3, 0.4) is 0 Å². The number of hydrogen-bond acceptors (Lipinski definition) is 4. The molecule has 110 valence electrons. The SMILES string of the molecule is Cc1cc(CN2CCC3(CC2)CNC(=O)CO3)oc1C. The number of ether oxygens (including phenoxy) is 1. The fourth-order valence-electron chi connectivity index (χ4n) is 2.97. The summed E-state index contributed by atoms with van der Waals surface area (Å²) < 4.78 is 11.5. The molecule has 5 nitrogen and oxygen atoms in total. The van der Waals surface area contributed by atoms with Crippen LogP contribution >= 0.6 is 0 Å². The average molecular weight is 278 g/mol. The zero-order valence-corrected chi connectivity index (χ0v) is 12.2. The lowest BCUT2D eigenvalue weighted by atomic mass is 9.90. The largest absolute Gasteiger partial charge is 0.465 e. The van der Waals surface area contributed by atoms with E-state index >= 15 is 0 Å². The van der Waals surface area contributed by atoms with Gasteiger partial charge in [-0.1, -0.05) is 0 Å². The fourth-order valence-corrected chi connectivity index (χ4v) is 2.97. The van der Waals surface area contributed by atoms with Crippen molar-refractivity contribution in [2.24, 2.45) is 0 Å². The van der Waals surface area contributed by atoms with E-state index < -0.39 is 0 Å². The van der Waals surface area contributed by atoms with Crippen LogP contribution < -0.4 is 5.32 Å². The van der Waals surface area contributed by atoms with Gasteiger partial charge in [0.1, 0.15) is 18.1 Å². The first kappa shape index (κ1) is 13.6. The lowest BCUT2D eigenvalue weighted by Crippen LogP contribution is -2.57. The molecule has 0 radical (unpaired) electrons. The smallest absolute Gasteiger partial charge is 0.246 e. The maximum atomic E-state index is 11.2. The minimum atomic E-state index is -0.139. The molecule has 1 spiro atoms. The molecule has 0 atom stereocenters. The summed E-state index contributed by atoms with van der Waals surface area (Å²) in [5.41, 5.74) is 1.08. The molecule has 5 heteroatoms. The van der Waals surface area contributed by atoms with Crippen molar-refractivity contribution in [2.75, 3.05) is 26.2 Å². The first-order chi connectivity index (χ1) is 9.56. The number of amides is 1. The predicted octanol–water partition coefficient (Wildman–Crippen LogP) is 1.38. The molecule has 1 N–H and O–H groups in total. The number of piperidine rings is 1. The molecular formula is C15H22N2O3. The van der Waals surface area contributed by atoms with Gasteiger partial charge in [-0.15, -0.1) is 0 Å². The van der Waals surface area contributed by atoms with E-state index in [4.69, 9.17) is 9.15 Å². The van der Waals surface area contributed by atoms with Crippen molar-refractivity contribution >= 4 is 5.91 Å². The Bertz CT molecular complexity index is 470. The van der Waals surface area contributed by atoms with E-state index in [1.165, 1.54) is 5.56 Å². The van der Waals surface area contributed by atoms with Crippen LogP contribution in [0.5, 0.6) is 0 Å². The molecule has 0 unspecified atom stereocenters. The van der Waals surface area contributed by atoms with Crippen molar-refractivity contribution in [1.82, 2.24) is 10.2 Å². The molecule has 3 heterocycles. The Kier molecular flexibility index (Phi) is 3.56. The number of carbonyl (C=O) groups is 1. The zero-order chi connectivity index (χ0) is 14.2. The first-order valence-electron chi connectivity index (χ1n) is 7.25. The second-order valence-corrected chi connectivity index (χ2v) is 5.98. The molecule has 0 aromatic carbocycles. The van der Waals surface area contributed by atoms with Crippen molar-refractivity contribution in [1.29, 1.82) is 0 Å². The molecule has 2 aliphatic heterocycles. The number of likely N-dealkylation sites (tertiary alicyclic amines) is 1. The van der Waals surface area contributed by atoms with Crippen molar-refractivity contribution in [2.45, 2.75) is 38.8 Å². The van der Waals surface area contributed by atoms with Gasteiger partial charge >= 0.3 is 0 Å². The minimum Gasteiger partial charge on any atom is -0.465 e. The fraction of sp³-hybridized carbons (Fsp3) is 0.667. The van der Waals surface area contributed by atoms with Crippen LogP contribution in [0.4, 0.5) is 0 Å². The van der Waals surface area contributed by atoms with Gasteiger partial charge in [0.15, 0.2) is 0 Å². The number of nitrogens with one attached hydrogen (secondary N) is 1. The van der Waals surface area contributed by atoms with Crippen LogP contribution in [0.15, 0.2) is 10.5 Å². The molecular weight excluding hydrogens is 256 g/mol. The summed E-state index contributed by atoms with van der Waals surface area (Å²) in [6, 6.07) is 2.12. The standard InChI is InChI=1S/C15H22N2O3/c1-11-7-13(20-12(11)2)8-17-5-3-15(4-6-17)10-16-14(18)9-19-15/h7H,3-6,8-10H2,1-2H3,(H,16,18). The summed E-state index contributed by atoms with van der Waals surface area (Å²) in [6.07, 6.45) is 1.93. The van der Waals surface area contributed by atoms with Gasteiger partial charge in [-0.05, 0) is 38.3 Å². The van der Waals surface area contributed by atoms with E-state index in [2.05, 4.69) is 23.2 Å². The summed E-state index contributed by atoms with van der Waals surface area (Å²) in [7, 11) is 0. The number of morpholine rings is 1. The van der Waals surface area contributed by atoms with Gasteiger partial charge in [0.25, 0.3) is 0 Å². The van der Waals surface area contributed by atoms with Crippen LogP contribution in [0.1, 0.15) is 29.9 Å². The molecule has 1 aromatic rings. The molecule has 2 fully saturated rings. The van der Waals surface area contributed by atoms with Crippen LogP contribution in [0, 0.1) is 13.8 Å². The quantitative estimate of drug-likeness (QED) is 0.888. The van der Waals surface area contributed by atoms with Gasteiger partial charge in [0.05, 0.1) is 12.1 Å². The van der Waals surface area contributed by atoms with E-state index in [-0.39, 0.29) is 18.1 Å². The molecule has 0 saturated carbocycles.